The molecule has 1 saturated heterocycles. The van der Waals surface area contributed by atoms with Crippen LogP contribution < -0.4 is 10.5 Å². The standard InChI is InChI=1S/C26H24FN5O2S2/c1-26(2,28)15-7-19(14-3-5-16(27)6-4-14)30-23(8-15)34-24-17-10-32(11-18(17)24)25(33)22-9-20(31-36-22)21-12-35-13-29-21/h3-9,12-13,17-18,24H,10-11,28H2,1-2H3/t17-,18+,24?. The molecule has 1 saturated carbocycles. The van der Waals surface area contributed by atoms with Crippen LogP contribution in [0.25, 0.3) is 22.6 Å². The van der Waals surface area contributed by atoms with E-state index in [1.165, 1.54) is 35.0 Å². The number of nitrogens with zero attached hydrogens (tertiary/aromatic N) is 4. The summed E-state index contributed by atoms with van der Waals surface area (Å²) in [6.07, 6.45) is 0.00535. The molecule has 36 heavy (non-hydrogen) atoms. The fourth-order valence-electron chi connectivity index (χ4n) is 4.65. The van der Waals surface area contributed by atoms with Crippen molar-refractivity contribution in [2.24, 2.45) is 17.6 Å². The summed E-state index contributed by atoms with van der Waals surface area (Å²) in [6.45, 7) is 5.14. The van der Waals surface area contributed by atoms with E-state index < -0.39 is 5.54 Å². The van der Waals surface area contributed by atoms with Gasteiger partial charge in [0.15, 0.2) is 0 Å². The molecule has 4 aromatic rings. The Balaban J connectivity index is 1.15. The number of piperidine rings is 1. The largest absolute Gasteiger partial charge is 0.474 e. The summed E-state index contributed by atoms with van der Waals surface area (Å²) < 4.78 is 24.1. The number of rotatable bonds is 6. The quantitative estimate of drug-likeness (QED) is 0.391. The van der Waals surface area contributed by atoms with Crippen LogP contribution in [0.5, 0.6) is 5.88 Å². The average molecular weight is 522 g/mol. The maximum atomic E-state index is 13.4. The molecule has 1 aromatic carbocycles. The molecule has 1 unspecified atom stereocenters. The summed E-state index contributed by atoms with van der Waals surface area (Å²) in [5.41, 5.74) is 11.4. The Kier molecular flexibility index (Phi) is 5.62. The minimum atomic E-state index is -0.593. The van der Waals surface area contributed by atoms with Gasteiger partial charge < -0.3 is 15.4 Å². The molecular formula is C26H24FN5O2S2. The number of carbonyl (C=O) groups is 1. The molecule has 4 heterocycles. The third-order valence-electron chi connectivity index (χ3n) is 6.76. The summed E-state index contributed by atoms with van der Waals surface area (Å²) >= 11 is 2.72. The number of amides is 1. The molecule has 1 amide bonds. The van der Waals surface area contributed by atoms with Crippen LogP contribution in [-0.2, 0) is 5.54 Å². The number of carbonyl (C=O) groups excluding carboxylic acids is 1. The second kappa shape index (κ2) is 8.72. The first-order valence-electron chi connectivity index (χ1n) is 11.6. The van der Waals surface area contributed by atoms with Crippen LogP contribution in [0.4, 0.5) is 4.39 Å². The molecule has 184 valence electrons. The lowest BCUT2D eigenvalue weighted by Gasteiger charge is -2.22. The summed E-state index contributed by atoms with van der Waals surface area (Å²) in [5.74, 6) is 0.741. The first-order chi connectivity index (χ1) is 17.3. The maximum Gasteiger partial charge on any atom is 0.265 e. The lowest BCUT2D eigenvalue weighted by atomic mass is 9.95. The van der Waals surface area contributed by atoms with Gasteiger partial charge in [-0.15, -0.1) is 11.3 Å². The lowest BCUT2D eigenvalue weighted by Crippen LogP contribution is -2.33. The van der Waals surface area contributed by atoms with Crippen LogP contribution in [0.3, 0.4) is 0 Å². The van der Waals surface area contributed by atoms with Gasteiger partial charge in [0.05, 0.1) is 11.2 Å². The van der Waals surface area contributed by atoms with Crippen LogP contribution in [0.2, 0.25) is 0 Å². The van der Waals surface area contributed by atoms with E-state index in [-0.39, 0.29) is 29.7 Å². The fraction of sp³-hybridized carbons (Fsp3) is 0.308. The SMILES string of the molecule is CC(C)(N)c1cc(OC2[C@H]3CN(C(=O)c4cc(-c5cscn5)ns4)C[C@@H]23)nc(-c2ccc(F)cc2)c1. The van der Waals surface area contributed by atoms with Crippen molar-refractivity contribution in [2.45, 2.75) is 25.5 Å². The van der Waals surface area contributed by atoms with Crippen molar-refractivity contribution >= 4 is 28.8 Å². The summed E-state index contributed by atoms with van der Waals surface area (Å²) in [7, 11) is 0. The lowest BCUT2D eigenvalue weighted by molar-refractivity contribution is 0.0756. The maximum absolute atomic E-state index is 13.4. The highest BCUT2D eigenvalue weighted by atomic mass is 32.1. The molecule has 1 aliphatic carbocycles. The third-order valence-corrected chi connectivity index (χ3v) is 8.12. The second-order valence-corrected chi connectivity index (χ2v) is 11.4. The smallest absolute Gasteiger partial charge is 0.265 e. The molecule has 2 N–H and O–H groups in total. The third kappa shape index (κ3) is 4.40. The number of halogens is 1. The number of aromatic nitrogens is 3. The minimum Gasteiger partial charge on any atom is -0.474 e. The van der Waals surface area contributed by atoms with Crippen LogP contribution in [0.15, 0.2) is 53.4 Å². The fourth-order valence-corrected chi connectivity index (χ4v) is 5.91. The Hall–Kier alpha value is -3.21. The van der Waals surface area contributed by atoms with Gasteiger partial charge in [-0.2, -0.15) is 4.37 Å². The van der Waals surface area contributed by atoms with Crippen molar-refractivity contribution in [1.82, 2.24) is 19.2 Å². The summed E-state index contributed by atoms with van der Waals surface area (Å²) in [4.78, 5) is 24.5. The number of hydrogen-bond donors (Lipinski definition) is 1. The van der Waals surface area contributed by atoms with E-state index in [1.807, 2.05) is 42.3 Å². The molecule has 3 aromatic heterocycles. The molecule has 0 radical (unpaired) electrons. The molecule has 3 atom stereocenters. The van der Waals surface area contributed by atoms with Crippen molar-refractivity contribution in [3.05, 3.63) is 69.6 Å². The van der Waals surface area contributed by atoms with Gasteiger partial charge in [0.2, 0.25) is 5.88 Å². The summed E-state index contributed by atoms with van der Waals surface area (Å²) in [5, 5.41) is 1.92. The van der Waals surface area contributed by atoms with Crippen molar-refractivity contribution in [3.8, 4) is 28.5 Å². The number of ether oxygens (including phenoxy) is 1. The number of pyridine rings is 1. The van der Waals surface area contributed by atoms with Crippen LogP contribution >= 0.6 is 22.9 Å². The van der Waals surface area contributed by atoms with E-state index in [0.29, 0.717) is 29.5 Å². The minimum absolute atomic E-state index is 0.00327. The van der Waals surface area contributed by atoms with E-state index in [1.54, 1.807) is 17.6 Å². The Morgan fingerprint density at radius 1 is 1.11 bits per heavy atom. The van der Waals surface area contributed by atoms with Crippen molar-refractivity contribution in [3.63, 3.8) is 0 Å². The van der Waals surface area contributed by atoms with E-state index in [0.717, 1.165) is 22.5 Å². The molecule has 6 rings (SSSR count). The number of benzene rings is 1. The van der Waals surface area contributed by atoms with Crippen molar-refractivity contribution < 1.29 is 13.9 Å². The molecular weight excluding hydrogens is 497 g/mol. The van der Waals surface area contributed by atoms with E-state index in [9.17, 15) is 9.18 Å². The van der Waals surface area contributed by atoms with E-state index >= 15 is 0 Å². The van der Waals surface area contributed by atoms with Gasteiger partial charge in [-0.3, -0.25) is 4.79 Å². The van der Waals surface area contributed by atoms with Gasteiger partial charge in [0.25, 0.3) is 5.91 Å². The average Bonchev–Trinajstić information content (AvgIpc) is 3.41. The van der Waals surface area contributed by atoms with E-state index in [2.05, 4.69) is 9.36 Å². The predicted molar refractivity (Wildman–Crippen MR) is 137 cm³/mol. The Bertz CT molecular complexity index is 1400. The second-order valence-electron chi connectivity index (χ2n) is 9.88. The number of thiazole rings is 1. The first-order valence-corrected chi connectivity index (χ1v) is 13.4. The zero-order valence-corrected chi connectivity index (χ0v) is 21.4. The van der Waals surface area contributed by atoms with Gasteiger partial charge in [0, 0.05) is 47.5 Å². The number of nitrogens with two attached hydrogens (primary N) is 1. The summed E-state index contributed by atoms with van der Waals surface area (Å²) in [6, 6.07) is 11.8. The highest BCUT2D eigenvalue weighted by molar-refractivity contribution is 7.08. The van der Waals surface area contributed by atoms with Crippen LogP contribution in [0, 0.1) is 17.7 Å². The molecule has 0 spiro atoms. The number of fused-ring (bicyclic) bond motifs is 1. The Labute approximate surface area is 215 Å². The van der Waals surface area contributed by atoms with Gasteiger partial charge in [-0.25, -0.2) is 14.4 Å². The van der Waals surface area contributed by atoms with Gasteiger partial charge in [-0.1, -0.05) is 0 Å². The predicted octanol–water partition coefficient (Wildman–Crippen LogP) is 4.81. The molecule has 7 nitrogen and oxygen atoms in total. The number of hydrogen-bond acceptors (Lipinski definition) is 8. The highest BCUT2D eigenvalue weighted by Crippen LogP contribution is 2.48. The normalized spacial score (nSPS) is 20.9. The molecule has 2 aliphatic rings. The van der Waals surface area contributed by atoms with Gasteiger partial charge in [0.1, 0.15) is 28.2 Å². The highest BCUT2D eigenvalue weighted by Gasteiger charge is 2.59. The topological polar surface area (TPSA) is 94.2 Å². The Morgan fingerprint density at radius 3 is 2.53 bits per heavy atom. The first kappa shape index (κ1) is 23.2. The van der Waals surface area contributed by atoms with E-state index in [4.69, 9.17) is 15.5 Å². The zero-order valence-electron chi connectivity index (χ0n) is 19.7. The molecule has 2 fully saturated rings. The van der Waals surface area contributed by atoms with Crippen molar-refractivity contribution in [1.29, 1.82) is 0 Å². The molecule has 1 aliphatic heterocycles. The van der Waals surface area contributed by atoms with Gasteiger partial charge >= 0.3 is 0 Å². The number of likely N-dealkylation sites (tertiary alicyclic amines) is 1. The van der Waals surface area contributed by atoms with Crippen LogP contribution in [0.1, 0.15) is 29.1 Å². The van der Waals surface area contributed by atoms with Crippen LogP contribution in [-0.4, -0.2) is 44.3 Å². The monoisotopic (exact) mass is 521 g/mol. The Morgan fingerprint density at radius 2 is 1.86 bits per heavy atom. The van der Waals surface area contributed by atoms with Crippen molar-refractivity contribution in [2.75, 3.05) is 13.1 Å². The van der Waals surface area contributed by atoms with Gasteiger partial charge in [-0.05, 0) is 67.3 Å². The zero-order chi connectivity index (χ0) is 25.0. The molecule has 0 bridgehead atoms. The molecule has 10 heteroatoms.